The summed E-state index contributed by atoms with van der Waals surface area (Å²) in [4.78, 5) is 2.43. The lowest BCUT2D eigenvalue weighted by molar-refractivity contribution is 0.214. The van der Waals surface area contributed by atoms with Gasteiger partial charge in [0.25, 0.3) is 0 Å². The fourth-order valence-corrected chi connectivity index (χ4v) is 2.85. The Labute approximate surface area is 118 Å². The molecule has 0 amide bonds. The van der Waals surface area contributed by atoms with Gasteiger partial charge in [-0.25, -0.2) is 0 Å². The molecule has 0 spiro atoms. The molecule has 0 radical (unpaired) electrons. The van der Waals surface area contributed by atoms with E-state index in [0.717, 1.165) is 12.5 Å². The topological polar surface area (TPSA) is 15.3 Å². The summed E-state index contributed by atoms with van der Waals surface area (Å²) in [5.41, 5.74) is 1.64. The number of hydrogen-bond donors (Lipinski definition) is 1. The first-order chi connectivity index (χ1) is 9.08. The maximum atomic E-state index is 3.69. The predicted molar refractivity (Wildman–Crippen MR) is 82.6 cm³/mol. The van der Waals surface area contributed by atoms with Crippen LogP contribution in [0.4, 0.5) is 0 Å². The van der Waals surface area contributed by atoms with Crippen molar-refractivity contribution >= 4 is 0 Å². The van der Waals surface area contributed by atoms with E-state index in [0.29, 0.717) is 0 Å². The van der Waals surface area contributed by atoms with E-state index in [1.807, 2.05) is 0 Å². The minimum atomic E-state index is 0.215. The second-order valence-corrected chi connectivity index (χ2v) is 6.63. The first kappa shape index (κ1) is 14.5. The Morgan fingerprint density at radius 2 is 1.79 bits per heavy atom. The van der Waals surface area contributed by atoms with Crippen LogP contribution in [0.25, 0.3) is 0 Å². The lowest BCUT2D eigenvalue weighted by Gasteiger charge is -2.31. The first-order valence-corrected chi connectivity index (χ1v) is 7.53. The van der Waals surface area contributed by atoms with Crippen LogP contribution >= 0.6 is 0 Å². The van der Waals surface area contributed by atoms with Gasteiger partial charge in [-0.3, -0.25) is 0 Å². The van der Waals surface area contributed by atoms with Gasteiger partial charge in [0.15, 0.2) is 0 Å². The molecule has 19 heavy (non-hydrogen) atoms. The smallest absolute Gasteiger partial charge is 0.00432 e. The zero-order valence-corrected chi connectivity index (χ0v) is 12.7. The van der Waals surface area contributed by atoms with Gasteiger partial charge in [-0.15, -0.1) is 0 Å². The maximum absolute atomic E-state index is 3.69. The number of nitrogens with zero attached hydrogens (tertiary/aromatic N) is 1. The van der Waals surface area contributed by atoms with E-state index in [-0.39, 0.29) is 5.41 Å². The molecule has 1 aliphatic heterocycles. The molecular weight excluding hydrogens is 232 g/mol. The van der Waals surface area contributed by atoms with Gasteiger partial charge in [0.05, 0.1) is 0 Å². The molecular formula is C17H28N2. The summed E-state index contributed by atoms with van der Waals surface area (Å²) >= 11 is 0. The molecule has 0 unspecified atom stereocenters. The summed E-state index contributed by atoms with van der Waals surface area (Å²) in [6.07, 6.45) is 2.69. The van der Waals surface area contributed by atoms with Crippen LogP contribution in [0.3, 0.4) is 0 Å². The van der Waals surface area contributed by atoms with E-state index in [9.17, 15) is 0 Å². The van der Waals surface area contributed by atoms with E-state index in [2.05, 4.69) is 61.4 Å². The van der Waals surface area contributed by atoms with E-state index in [1.165, 1.54) is 38.0 Å². The van der Waals surface area contributed by atoms with Crippen LogP contribution in [0, 0.1) is 5.92 Å². The van der Waals surface area contributed by atoms with Crippen molar-refractivity contribution in [2.24, 2.45) is 5.92 Å². The van der Waals surface area contributed by atoms with Crippen molar-refractivity contribution in [3.05, 3.63) is 35.9 Å². The fraction of sp³-hybridized carbons (Fsp3) is 0.647. The molecule has 1 aliphatic rings. The molecule has 0 atom stereocenters. The second-order valence-electron chi connectivity index (χ2n) is 6.63. The number of benzene rings is 1. The first-order valence-electron chi connectivity index (χ1n) is 7.53. The zero-order chi connectivity index (χ0) is 13.7. The summed E-state index contributed by atoms with van der Waals surface area (Å²) in [5, 5.41) is 3.69. The van der Waals surface area contributed by atoms with Crippen molar-refractivity contribution in [1.29, 1.82) is 0 Å². The van der Waals surface area contributed by atoms with Crippen LogP contribution < -0.4 is 5.32 Å². The van der Waals surface area contributed by atoms with E-state index < -0.39 is 0 Å². The summed E-state index contributed by atoms with van der Waals surface area (Å²) in [7, 11) is 2.22. The lowest BCUT2D eigenvalue weighted by atomic mass is 9.84. The van der Waals surface area contributed by atoms with E-state index in [1.54, 1.807) is 0 Å². The summed E-state index contributed by atoms with van der Waals surface area (Å²) < 4.78 is 0. The highest BCUT2D eigenvalue weighted by atomic mass is 15.1. The Balaban J connectivity index is 1.76. The largest absolute Gasteiger partial charge is 0.316 e. The average Bonchev–Trinajstić information content (AvgIpc) is 2.42. The Hall–Kier alpha value is -0.860. The van der Waals surface area contributed by atoms with Gasteiger partial charge in [-0.1, -0.05) is 44.2 Å². The second kappa shape index (κ2) is 6.53. The molecule has 0 aliphatic carbocycles. The van der Waals surface area contributed by atoms with Gasteiger partial charge in [-0.05, 0) is 51.0 Å². The molecule has 0 bridgehead atoms. The maximum Gasteiger partial charge on any atom is 0.00432 e. The highest BCUT2D eigenvalue weighted by molar-refractivity contribution is 5.23. The third-order valence-electron chi connectivity index (χ3n) is 4.39. The van der Waals surface area contributed by atoms with Crippen LogP contribution in [0.2, 0.25) is 0 Å². The van der Waals surface area contributed by atoms with Crippen molar-refractivity contribution in [3.8, 4) is 0 Å². The third kappa shape index (κ3) is 4.32. The average molecular weight is 260 g/mol. The highest BCUT2D eigenvalue weighted by Crippen LogP contribution is 2.22. The van der Waals surface area contributed by atoms with Gasteiger partial charge in [-0.2, -0.15) is 0 Å². The number of likely N-dealkylation sites (tertiary alicyclic amines) is 1. The Kier molecular flexibility index (Phi) is 5.00. The van der Waals surface area contributed by atoms with Crippen LogP contribution in [-0.4, -0.2) is 38.1 Å². The minimum Gasteiger partial charge on any atom is -0.316 e. The number of nitrogens with one attached hydrogen (secondary N) is 1. The minimum absolute atomic E-state index is 0.215. The Morgan fingerprint density at radius 1 is 1.16 bits per heavy atom. The van der Waals surface area contributed by atoms with Gasteiger partial charge in [0.1, 0.15) is 0 Å². The van der Waals surface area contributed by atoms with Crippen molar-refractivity contribution in [1.82, 2.24) is 10.2 Å². The molecule has 1 fully saturated rings. The molecule has 1 N–H and O–H groups in total. The van der Waals surface area contributed by atoms with Crippen LogP contribution in [0.1, 0.15) is 32.3 Å². The van der Waals surface area contributed by atoms with Crippen molar-refractivity contribution in [3.63, 3.8) is 0 Å². The predicted octanol–water partition coefficient (Wildman–Crippen LogP) is 2.90. The normalized spacial score (nSPS) is 18.7. The molecule has 2 nitrogen and oxygen atoms in total. The third-order valence-corrected chi connectivity index (χ3v) is 4.39. The molecule has 2 rings (SSSR count). The molecule has 1 aromatic carbocycles. The van der Waals surface area contributed by atoms with E-state index >= 15 is 0 Å². The van der Waals surface area contributed by atoms with E-state index in [4.69, 9.17) is 0 Å². The molecule has 0 saturated carbocycles. The monoisotopic (exact) mass is 260 g/mol. The molecule has 1 heterocycles. The summed E-state index contributed by atoms with van der Waals surface area (Å²) in [5.74, 6) is 0.864. The molecule has 1 saturated heterocycles. The SMILES string of the molecule is CN1CCC(CNCC(C)(C)c2ccccc2)CC1. The Bertz CT molecular complexity index is 364. The molecule has 0 aromatic heterocycles. The fourth-order valence-electron chi connectivity index (χ4n) is 2.85. The highest BCUT2D eigenvalue weighted by Gasteiger charge is 2.21. The molecule has 1 aromatic rings. The van der Waals surface area contributed by atoms with Crippen LogP contribution in [-0.2, 0) is 5.41 Å². The van der Waals surface area contributed by atoms with Crippen LogP contribution in [0.5, 0.6) is 0 Å². The van der Waals surface area contributed by atoms with Gasteiger partial charge in [0.2, 0.25) is 0 Å². The summed E-state index contributed by atoms with van der Waals surface area (Å²) in [6, 6.07) is 10.8. The van der Waals surface area contributed by atoms with Crippen molar-refractivity contribution in [2.75, 3.05) is 33.2 Å². The quantitative estimate of drug-likeness (QED) is 0.876. The number of hydrogen-bond acceptors (Lipinski definition) is 2. The van der Waals surface area contributed by atoms with Crippen molar-refractivity contribution in [2.45, 2.75) is 32.1 Å². The standard InChI is InChI=1S/C17H28N2/c1-17(2,16-7-5-4-6-8-16)14-18-13-15-9-11-19(3)12-10-15/h4-8,15,18H,9-14H2,1-3H3. The van der Waals surface area contributed by atoms with Gasteiger partial charge in [0, 0.05) is 12.0 Å². The van der Waals surface area contributed by atoms with Crippen LogP contribution in [0.15, 0.2) is 30.3 Å². The summed E-state index contributed by atoms with van der Waals surface area (Å²) in [6.45, 7) is 9.39. The number of piperidine rings is 1. The zero-order valence-electron chi connectivity index (χ0n) is 12.7. The molecule has 106 valence electrons. The van der Waals surface area contributed by atoms with Gasteiger partial charge >= 0.3 is 0 Å². The Morgan fingerprint density at radius 3 is 2.42 bits per heavy atom. The molecule has 2 heteroatoms. The van der Waals surface area contributed by atoms with Gasteiger partial charge < -0.3 is 10.2 Å². The van der Waals surface area contributed by atoms with Crippen molar-refractivity contribution < 1.29 is 0 Å². The number of rotatable bonds is 5. The lowest BCUT2D eigenvalue weighted by Crippen LogP contribution is -2.39.